The second-order valence-corrected chi connectivity index (χ2v) is 13.0. The van der Waals surface area contributed by atoms with Crippen LogP contribution in [0.25, 0.3) is 0 Å². The Morgan fingerprint density at radius 2 is 1.88 bits per heavy atom. The fourth-order valence-electron chi connectivity index (χ4n) is 5.69. The summed E-state index contributed by atoms with van der Waals surface area (Å²) in [6, 6.07) is 8.12. The van der Waals surface area contributed by atoms with Crippen molar-refractivity contribution in [2.45, 2.75) is 78.1 Å². The van der Waals surface area contributed by atoms with Crippen molar-refractivity contribution in [1.29, 1.82) is 0 Å². The molecule has 1 aliphatic rings. The van der Waals surface area contributed by atoms with E-state index in [0.717, 1.165) is 5.56 Å². The van der Waals surface area contributed by atoms with Crippen LogP contribution in [-0.2, 0) is 25.7 Å². The molecule has 14 heteroatoms. The minimum absolute atomic E-state index is 0.00451. The molecule has 3 amide bonds. The summed E-state index contributed by atoms with van der Waals surface area (Å²) in [5.41, 5.74) is -0.547. The minimum atomic E-state index is -0.968. The van der Waals surface area contributed by atoms with Gasteiger partial charge in [0.25, 0.3) is 11.5 Å². The lowest BCUT2D eigenvalue weighted by atomic mass is 9.97. The third kappa shape index (κ3) is 9.61. The van der Waals surface area contributed by atoms with Crippen molar-refractivity contribution in [2.24, 2.45) is 5.92 Å². The molecule has 0 aliphatic carbocycles. The van der Waals surface area contributed by atoms with E-state index in [-0.39, 0.29) is 30.1 Å². The van der Waals surface area contributed by atoms with Gasteiger partial charge >= 0.3 is 5.97 Å². The van der Waals surface area contributed by atoms with Crippen LogP contribution in [-0.4, -0.2) is 70.7 Å². The van der Waals surface area contributed by atoms with Crippen LogP contribution in [0.4, 0.5) is 5.69 Å². The second kappa shape index (κ2) is 16.3. The van der Waals surface area contributed by atoms with Gasteiger partial charge in [-0.05, 0) is 71.2 Å². The Kier molecular flexibility index (Phi) is 12.2. The molecule has 3 heterocycles. The molecule has 2 aromatic heterocycles. The number of anilines is 1. The molecule has 0 unspecified atom stereocenters. The van der Waals surface area contributed by atoms with E-state index in [0.29, 0.717) is 36.8 Å². The molecule has 3 atom stereocenters. The summed E-state index contributed by atoms with van der Waals surface area (Å²) < 4.78 is 22.4. The fourth-order valence-corrected chi connectivity index (χ4v) is 5.69. The van der Waals surface area contributed by atoms with E-state index in [9.17, 15) is 24.0 Å². The highest BCUT2D eigenvalue weighted by Gasteiger charge is 2.34. The van der Waals surface area contributed by atoms with Gasteiger partial charge in [0, 0.05) is 55.0 Å². The molecule has 4 rings (SSSR count). The number of methoxy groups -OCH3 is 2. The first-order chi connectivity index (χ1) is 23.7. The number of aryl methyl sites for hydroxylation is 1. The number of benzene rings is 1. The quantitative estimate of drug-likeness (QED) is 0.185. The van der Waals surface area contributed by atoms with Crippen LogP contribution >= 0.6 is 0 Å². The molecular weight excluding hydrogens is 646 g/mol. The van der Waals surface area contributed by atoms with Crippen molar-refractivity contribution in [1.82, 2.24) is 19.9 Å². The zero-order valence-electron chi connectivity index (χ0n) is 29.5. The predicted octanol–water partition coefficient (Wildman–Crippen LogP) is 4.19. The van der Waals surface area contributed by atoms with Gasteiger partial charge in [-0.3, -0.25) is 19.2 Å². The average Bonchev–Trinajstić information content (AvgIpc) is 3.66. The topological polar surface area (TPSA) is 171 Å². The number of hydrogen-bond donors (Lipinski definition) is 2. The maximum absolute atomic E-state index is 13.8. The Hall–Kier alpha value is -5.40. The van der Waals surface area contributed by atoms with Crippen LogP contribution in [0.1, 0.15) is 74.8 Å². The van der Waals surface area contributed by atoms with Crippen LogP contribution in [0.5, 0.6) is 11.5 Å². The average molecular weight is 692 g/mol. The first-order valence-corrected chi connectivity index (χ1v) is 16.4. The maximum atomic E-state index is 13.8. The third-order valence-electron chi connectivity index (χ3n) is 8.11. The SMILES string of the molecule is CC[C@@H](C(=O)N[C@H](/C=C/C(=O)OC(C)(C)C)C[C@@H]1CCN(Cc2ccc(OC)cc2OC)C1=O)n1cccc(NC(=O)c2cc(C)on2)c1=O. The second-order valence-electron chi connectivity index (χ2n) is 13.0. The number of carbonyl (C=O) groups is 4. The summed E-state index contributed by atoms with van der Waals surface area (Å²) in [4.78, 5) is 67.8. The number of hydrogen-bond acceptors (Lipinski definition) is 10. The van der Waals surface area contributed by atoms with Crippen molar-refractivity contribution in [3.63, 3.8) is 0 Å². The highest BCUT2D eigenvalue weighted by Crippen LogP contribution is 2.30. The summed E-state index contributed by atoms with van der Waals surface area (Å²) in [5.74, 6) is -0.617. The van der Waals surface area contributed by atoms with Crippen molar-refractivity contribution in [3.8, 4) is 11.5 Å². The largest absolute Gasteiger partial charge is 0.497 e. The summed E-state index contributed by atoms with van der Waals surface area (Å²) in [6.07, 6.45) is 5.19. The van der Waals surface area contributed by atoms with Gasteiger partial charge in [0.15, 0.2) is 5.69 Å². The Morgan fingerprint density at radius 1 is 1.12 bits per heavy atom. The standard InChI is InChI=1S/C36H45N5O9/c1-8-29(41-16-9-10-27(35(41)46)38-32(43)28-18-22(2)50-39-28)33(44)37-25(12-14-31(42)49-36(3,4)5)19-23-15-17-40(34(23)45)21-24-11-13-26(47-6)20-30(24)48-7/h9-14,16,18,20,23,25,29H,8,15,17,19,21H2,1-7H3,(H,37,44)(H,38,43)/b14-12+/t23-,25+,29-/m0/s1. The molecule has 1 fully saturated rings. The predicted molar refractivity (Wildman–Crippen MR) is 184 cm³/mol. The highest BCUT2D eigenvalue weighted by molar-refractivity contribution is 6.02. The molecule has 268 valence electrons. The Morgan fingerprint density at radius 3 is 2.52 bits per heavy atom. The zero-order chi connectivity index (χ0) is 36.6. The molecule has 50 heavy (non-hydrogen) atoms. The molecular formula is C36H45N5O9. The number of aromatic nitrogens is 2. The molecule has 3 aromatic rings. The summed E-state index contributed by atoms with van der Waals surface area (Å²) in [6.45, 7) is 9.44. The van der Waals surface area contributed by atoms with Crippen LogP contribution < -0.4 is 25.7 Å². The smallest absolute Gasteiger partial charge is 0.331 e. The highest BCUT2D eigenvalue weighted by atomic mass is 16.6. The van der Waals surface area contributed by atoms with Crippen LogP contribution in [0.2, 0.25) is 0 Å². The molecule has 1 aliphatic heterocycles. The van der Waals surface area contributed by atoms with E-state index in [1.165, 1.54) is 35.0 Å². The van der Waals surface area contributed by atoms with Gasteiger partial charge < -0.3 is 38.8 Å². The third-order valence-corrected chi connectivity index (χ3v) is 8.11. The Balaban J connectivity index is 1.52. The number of amides is 3. The van der Waals surface area contributed by atoms with Gasteiger partial charge in [-0.25, -0.2) is 4.79 Å². The number of ether oxygens (including phenoxy) is 3. The van der Waals surface area contributed by atoms with E-state index in [1.54, 1.807) is 71.9 Å². The van der Waals surface area contributed by atoms with Gasteiger partial charge in [-0.1, -0.05) is 18.2 Å². The fraction of sp³-hybridized carbons (Fsp3) is 0.444. The van der Waals surface area contributed by atoms with Crippen molar-refractivity contribution in [3.05, 3.63) is 82.1 Å². The number of likely N-dealkylation sites (tertiary alicyclic amines) is 1. The minimum Gasteiger partial charge on any atom is -0.497 e. The summed E-state index contributed by atoms with van der Waals surface area (Å²) in [5, 5.41) is 9.14. The van der Waals surface area contributed by atoms with Gasteiger partial charge in [-0.2, -0.15) is 0 Å². The number of carbonyl (C=O) groups excluding carboxylic acids is 4. The number of pyridine rings is 1. The molecule has 1 aromatic carbocycles. The van der Waals surface area contributed by atoms with E-state index >= 15 is 0 Å². The molecule has 0 bridgehead atoms. The van der Waals surface area contributed by atoms with E-state index in [2.05, 4.69) is 15.8 Å². The lowest BCUT2D eigenvalue weighted by Crippen LogP contribution is -2.43. The number of rotatable bonds is 14. The first-order valence-electron chi connectivity index (χ1n) is 16.4. The molecule has 1 saturated heterocycles. The molecule has 0 saturated carbocycles. The number of esters is 1. The molecule has 0 spiro atoms. The lowest BCUT2D eigenvalue weighted by molar-refractivity contribution is -0.148. The van der Waals surface area contributed by atoms with Crippen molar-refractivity contribution in [2.75, 3.05) is 26.1 Å². The van der Waals surface area contributed by atoms with Crippen molar-refractivity contribution >= 4 is 29.4 Å². The molecule has 0 radical (unpaired) electrons. The van der Waals surface area contributed by atoms with Crippen LogP contribution in [0.15, 0.2) is 64.1 Å². The maximum Gasteiger partial charge on any atom is 0.331 e. The van der Waals surface area contributed by atoms with Gasteiger partial charge in [-0.15, -0.1) is 0 Å². The number of nitrogens with one attached hydrogen (secondary N) is 2. The summed E-state index contributed by atoms with van der Waals surface area (Å²) in [7, 11) is 3.12. The van der Waals surface area contributed by atoms with Crippen LogP contribution in [0, 0.1) is 12.8 Å². The normalized spacial score (nSPS) is 15.9. The van der Waals surface area contributed by atoms with Crippen molar-refractivity contribution < 1.29 is 37.9 Å². The molecule has 14 nitrogen and oxygen atoms in total. The Labute approximate surface area is 290 Å². The zero-order valence-corrected chi connectivity index (χ0v) is 29.5. The number of nitrogens with zero attached hydrogens (tertiary/aromatic N) is 3. The van der Waals surface area contributed by atoms with E-state index < -0.39 is 46.9 Å². The van der Waals surface area contributed by atoms with E-state index in [1.807, 2.05) is 6.07 Å². The van der Waals surface area contributed by atoms with E-state index in [4.69, 9.17) is 18.7 Å². The van der Waals surface area contributed by atoms with Gasteiger partial charge in [0.2, 0.25) is 11.8 Å². The van der Waals surface area contributed by atoms with Gasteiger partial charge in [0.1, 0.15) is 34.6 Å². The Bertz CT molecular complexity index is 1790. The summed E-state index contributed by atoms with van der Waals surface area (Å²) >= 11 is 0. The monoisotopic (exact) mass is 691 g/mol. The lowest BCUT2D eigenvalue weighted by Gasteiger charge is -2.24. The van der Waals surface area contributed by atoms with Gasteiger partial charge in [0.05, 0.1) is 14.2 Å². The molecule has 2 N–H and O–H groups in total. The first kappa shape index (κ1) is 37.4. The van der Waals surface area contributed by atoms with Crippen LogP contribution in [0.3, 0.4) is 0 Å².